The zero-order valence-electron chi connectivity index (χ0n) is 17.8. The first-order valence-electron chi connectivity index (χ1n) is 10.9. The number of carbonyl (C=O) groups excluding carboxylic acids is 2. The number of likely N-dealkylation sites (tertiary alicyclic amines) is 1. The maximum atomic E-state index is 13.0. The molecule has 31 heavy (non-hydrogen) atoms. The lowest BCUT2D eigenvalue weighted by Crippen LogP contribution is -2.39. The van der Waals surface area contributed by atoms with Crippen molar-refractivity contribution >= 4 is 22.8 Å². The molecule has 2 fully saturated rings. The molecule has 5 rings (SSSR count). The molecule has 2 amide bonds. The van der Waals surface area contributed by atoms with Gasteiger partial charge in [-0.25, -0.2) is 4.98 Å². The van der Waals surface area contributed by atoms with Gasteiger partial charge in [-0.2, -0.15) is 5.10 Å². The Morgan fingerprint density at radius 1 is 1.13 bits per heavy atom. The van der Waals surface area contributed by atoms with Crippen LogP contribution in [0.4, 0.5) is 0 Å². The van der Waals surface area contributed by atoms with Crippen LogP contribution in [-0.2, 0) is 7.05 Å². The molecule has 2 aliphatic rings. The molecule has 8 heteroatoms. The highest BCUT2D eigenvalue weighted by Crippen LogP contribution is 2.41. The molecule has 1 saturated carbocycles. The van der Waals surface area contributed by atoms with E-state index in [1.54, 1.807) is 36.3 Å². The standard InChI is InChI=1S/C23H26N6O2/c1-24-22(30)17-12-18(14-5-6-14)26-21-19(17)20(27-28(21)2)16-4-3-11-29(13-16)23(31)15-7-9-25-10-8-15/h7-10,12,14,16H,3-6,11,13H2,1-2H3,(H,24,30). The highest BCUT2D eigenvalue weighted by Gasteiger charge is 2.32. The van der Waals surface area contributed by atoms with E-state index in [2.05, 4.69) is 10.3 Å². The number of aromatic nitrogens is 4. The summed E-state index contributed by atoms with van der Waals surface area (Å²) in [6.45, 7) is 1.29. The second kappa shape index (κ2) is 7.76. The van der Waals surface area contributed by atoms with Crippen LogP contribution in [0.2, 0.25) is 0 Å². The summed E-state index contributed by atoms with van der Waals surface area (Å²) in [5, 5.41) is 8.39. The zero-order chi connectivity index (χ0) is 21.5. The van der Waals surface area contributed by atoms with Crippen LogP contribution in [0.3, 0.4) is 0 Å². The van der Waals surface area contributed by atoms with Gasteiger partial charge in [0, 0.05) is 62.7 Å². The molecule has 4 heterocycles. The Labute approximate surface area is 180 Å². The molecule has 1 atom stereocenters. The van der Waals surface area contributed by atoms with Crippen molar-refractivity contribution in [2.24, 2.45) is 7.05 Å². The molecule has 1 N–H and O–H groups in total. The van der Waals surface area contributed by atoms with Crippen molar-refractivity contribution in [3.63, 3.8) is 0 Å². The number of nitrogens with zero attached hydrogens (tertiary/aromatic N) is 5. The Hall–Kier alpha value is -3.29. The molecule has 0 radical (unpaired) electrons. The van der Waals surface area contributed by atoms with E-state index in [-0.39, 0.29) is 17.7 Å². The first-order valence-corrected chi connectivity index (χ1v) is 10.9. The van der Waals surface area contributed by atoms with Gasteiger partial charge in [0.25, 0.3) is 11.8 Å². The number of hydrogen-bond donors (Lipinski definition) is 1. The van der Waals surface area contributed by atoms with Gasteiger partial charge in [-0.1, -0.05) is 0 Å². The van der Waals surface area contributed by atoms with Crippen LogP contribution in [0.25, 0.3) is 11.0 Å². The maximum absolute atomic E-state index is 13.0. The second-order valence-electron chi connectivity index (χ2n) is 8.48. The predicted octanol–water partition coefficient (Wildman–Crippen LogP) is 2.62. The number of aryl methyl sites for hydroxylation is 1. The Bertz CT molecular complexity index is 1150. The quantitative estimate of drug-likeness (QED) is 0.703. The third-order valence-corrected chi connectivity index (χ3v) is 6.33. The van der Waals surface area contributed by atoms with E-state index < -0.39 is 0 Å². The Morgan fingerprint density at radius 2 is 1.90 bits per heavy atom. The Morgan fingerprint density at radius 3 is 2.61 bits per heavy atom. The van der Waals surface area contributed by atoms with Crippen LogP contribution < -0.4 is 5.32 Å². The summed E-state index contributed by atoms with van der Waals surface area (Å²) in [5.74, 6) is 0.381. The van der Waals surface area contributed by atoms with Gasteiger partial charge in [-0.3, -0.25) is 19.3 Å². The van der Waals surface area contributed by atoms with Gasteiger partial charge in [0.2, 0.25) is 0 Å². The van der Waals surface area contributed by atoms with E-state index in [1.165, 1.54) is 0 Å². The van der Waals surface area contributed by atoms with Gasteiger partial charge >= 0.3 is 0 Å². The molecule has 3 aromatic rings. The van der Waals surface area contributed by atoms with E-state index >= 15 is 0 Å². The van der Waals surface area contributed by atoms with Gasteiger partial charge in [-0.15, -0.1) is 0 Å². The summed E-state index contributed by atoms with van der Waals surface area (Å²) in [7, 11) is 3.53. The molecule has 160 valence electrons. The number of nitrogens with one attached hydrogen (secondary N) is 1. The fourth-order valence-electron chi connectivity index (χ4n) is 4.55. The van der Waals surface area contributed by atoms with Crippen molar-refractivity contribution in [3.8, 4) is 0 Å². The number of hydrogen-bond acceptors (Lipinski definition) is 5. The van der Waals surface area contributed by atoms with Crippen molar-refractivity contribution in [2.45, 2.75) is 37.5 Å². The summed E-state index contributed by atoms with van der Waals surface area (Å²) in [4.78, 5) is 36.5. The third kappa shape index (κ3) is 3.56. The molecule has 1 aliphatic carbocycles. The van der Waals surface area contributed by atoms with Gasteiger partial charge in [-0.05, 0) is 43.9 Å². The molecule has 0 aromatic carbocycles. The van der Waals surface area contributed by atoms with Crippen molar-refractivity contribution in [1.29, 1.82) is 0 Å². The maximum Gasteiger partial charge on any atom is 0.253 e. The third-order valence-electron chi connectivity index (χ3n) is 6.33. The van der Waals surface area contributed by atoms with Crippen LogP contribution in [0, 0.1) is 0 Å². The van der Waals surface area contributed by atoms with Crippen LogP contribution in [-0.4, -0.2) is 56.6 Å². The van der Waals surface area contributed by atoms with Crippen molar-refractivity contribution in [1.82, 2.24) is 30.0 Å². The number of fused-ring (bicyclic) bond motifs is 1. The monoisotopic (exact) mass is 418 g/mol. The van der Waals surface area contributed by atoms with Crippen molar-refractivity contribution < 1.29 is 9.59 Å². The number of carbonyl (C=O) groups is 2. The first kappa shape index (κ1) is 19.7. The van der Waals surface area contributed by atoms with Gasteiger partial charge in [0.05, 0.1) is 16.6 Å². The normalized spacial score (nSPS) is 18.9. The summed E-state index contributed by atoms with van der Waals surface area (Å²) in [6, 6.07) is 5.43. The minimum atomic E-state index is -0.121. The number of pyridine rings is 2. The van der Waals surface area contributed by atoms with Crippen molar-refractivity contribution in [3.05, 3.63) is 53.1 Å². The van der Waals surface area contributed by atoms with Gasteiger partial charge < -0.3 is 10.2 Å². The number of amides is 2. The molecule has 8 nitrogen and oxygen atoms in total. The van der Waals surface area contributed by atoms with Gasteiger partial charge in [0.1, 0.15) is 0 Å². The second-order valence-corrected chi connectivity index (χ2v) is 8.48. The fraction of sp³-hybridized carbons (Fsp3) is 0.435. The highest BCUT2D eigenvalue weighted by atomic mass is 16.2. The summed E-state index contributed by atoms with van der Waals surface area (Å²) < 4.78 is 1.78. The average Bonchev–Trinajstić information content (AvgIpc) is 3.62. The van der Waals surface area contributed by atoms with E-state index in [9.17, 15) is 9.59 Å². The summed E-state index contributed by atoms with van der Waals surface area (Å²) in [6.07, 6.45) is 7.32. The molecule has 0 bridgehead atoms. The van der Waals surface area contributed by atoms with Crippen LogP contribution >= 0.6 is 0 Å². The van der Waals surface area contributed by atoms with E-state index in [0.717, 1.165) is 54.6 Å². The molecular weight excluding hydrogens is 392 g/mol. The Kier molecular flexibility index (Phi) is 4.92. The van der Waals surface area contributed by atoms with Gasteiger partial charge in [0.15, 0.2) is 5.65 Å². The smallest absolute Gasteiger partial charge is 0.253 e. The van der Waals surface area contributed by atoms with Crippen LogP contribution in [0.1, 0.15) is 69.6 Å². The zero-order valence-corrected chi connectivity index (χ0v) is 17.8. The van der Waals surface area contributed by atoms with E-state index in [0.29, 0.717) is 23.6 Å². The molecule has 1 saturated heterocycles. The van der Waals surface area contributed by atoms with Crippen LogP contribution in [0.15, 0.2) is 30.6 Å². The number of rotatable bonds is 4. The summed E-state index contributed by atoms with van der Waals surface area (Å²) >= 11 is 0. The largest absolute Gasteiger partial charge is 0.355 e. The lowest BCUT2D eigenvalue weighted by atomic mass is 9.91. The molecule has 0 spiro atoms. The lowest BCUT2D eigenvalue weighted by molar-refractivity contribution is 0.0705. The molecular formula is C23H26N6O2. The molecule has 1 unspecified atom stereocenters. The van der Waals surface area contributed by atoms with E-state index in [1.807, 2.05) is 18.0 Å². The topological polar surface area (TPSA) is 93.0 Å². The lowest BCUT2D eigenvalue weighted by Gasteiger charge is -2.32. The number of piperidine rings is 1. The molecule has 3 aromatic heterocycles. The predicted molar refractivity (Wildman–Crippen MR) is 116 cm³/mol. The first-order chi connectivity index (χ1) is 15.1. The Balaban J connectivity index is 1.53. The summed E-state index contributed by atoms with van der Waals surface area (Å²) in [5.41, 5.74) is 3.85. The average molecular weight is 419 g/mol. The SMILES string of the molecule is CNC(=O)c1cc(C2CC2)nc2c1c(C1CCCN(C(=O)c3ccncc3)C1)nn2C. The fourth-order valence-corrected chi connectivity index (χ4v) is 4.55. The van der Waals surface area contributed by atoms with Crippen molar-refractivity contribution in [2.75, 3.05) is 20.1 Å². The minimum absolute atomic E-state index is 0.00741. The molecule has 1 aliphatic heterocycles. The van der Waals surface area contributed by atoms with Crippen LogP contribution in [0.5, 0.6) is 0 Å². The minimum Gasteiger partial charge on any atom is -0.355 e. The highest BCUT2D eigenvalue weighted by molar-refractivity contribution is 6.06. The van der Waals surface area contributed by atoms with E-state index in [4.69, 9.17) is 10.1 Å².